The van der Waals surface area contributed by atoms with E-state index >= 15 is 0 Å². The fourth-order valence-corrected chi connectivity index (χ4v) is 1.90. The van der Waals surface area contributed by atoms with Gasteiger partial charge >= 0.3 is 0 Å². The zero-order chi connectivity index (χ0) is 9.68. The molecule has 0 heterocycles. The number of rotatable bonds is 3. The van der Waals surface area contributed by atoms with Crippen molar-refractivity contribution in [3.05, 3.63) is 0 Å². The summed E-state index contributed by atoms with van der Waals surface area (Å²) in [4.78, 5) is 13.3. The first-order chi connectivity index (χ1) is 6.25. The van der Waals surface area contributed by atoms with Gasteiger partial charge in [0.15, 0.2) is 0 Å². The zero-order valence-corrected chi connectivity index (χ0v) is 12.3. The van der Waals surface area contributed by atoms with Gasteiger partial charge in [-0.1, -0.05) is 19.3 Å². The van der Waals surface area contributed by atoms with Crippen LogP contribution >= 0.6 is 0 Å². The van der Waals surface area contributed by atoms with Crippen LogP contribution in [0.3, 0.4) is 0 Å². The zero-order valence-electron chi connectivity index (χ0n) is 9.29. The maximum atomic E-state index is 11.4. The average Bonchev–Trinajstić information content (AvgIpc) is 2.18. The molecule has 1 fully saturated rings. The summed E-state index contributed by atoms with van der Waals surface area (Å²) in [7, 11) is 3.45. The van der Waals surface area contributed by atoms with E-state index in [0.29, 0.717) is 6.04 Å². The predicted molar refractivity (Wildman–Crippen MR) is 51.5 cm³/mol. The number of hydrogen-bond donors (Lipinski definition) is 0. The van der Waals surface area contributed by atoms with Crippen molar-refractivity contribution in [1.82, 2.24) is 4.90 Å². The molecule has 0 radical (unpaired) electrons. The monoisotopic (exact) mass is 249 g/mol. The molecule has 0 aromatic carbocycles. The van der Waals surface area contributed by atoms with E-state index in [4.69, 9.17) is 4.74 Å². The topological polar surface area (TPSA) is 29.5 Å². The number of hydrogen-bond acceptors (Lipinski definition) is 2. The molecule has 1 aliphatic rings. The van der Waals surface area contributed by atoms with E-state index in [1.54, 1.807) is 7.11 Å². The van der Waals surface area contributed by atoms with Gasteiger partial charge in [0.05, 0.1) is 0 Å². The molecule has 0 spiro atoms. The SMILES string of the molecule is COCC(=O)N(C)C1CCCCC1.[Zn]. The summed E-state index contributed by atoms with van der Waals surface area (Å²) in [6, 6.07) is 0.455. The normalized spacial score (nSPS) is 17.3. The van der Waals surface area contributed by atoms with Crippen LogP contribution in [0.25, 0.3) is 0 Å². The van der Waals surface area contributed by atoms with Crippen molar-refractivity contribution in [3.63, 3.8) is 0 Å². The molecule has 78 valence electrons. The van der Waals surface area contributed by atoms with E-state index in [-0.39, 0.29) is 32.0 Å². The summed E-state index contributed by atoms with van der Waals surface area (Å²) in [6.07, 6.45) is 6.16. The van der Waals surface area contributed by atoms with Crippen molar-refractivity contribution in [3.8, 4) is 0 Å². The van der Waals surface area contributed by atoms with Gasteiger partial charge in [-0.2, -0.15) is 0 Å². The van der Waals surface area contributed by atoms with Crippen LogP contribution in [0.2, 0.25) is 0 Å². The number of likely N-dealkylation sites (N-methyl/N-ethyl adjacent to an activating group) is 1. The fraction of sp³-hybridized carbons (Fsp3) is 0.900. The van der Waals surface area contributed by atoms with Gasteiger partial charge in [-0.25, -0.2) is 0 Å². The molecule has 0 aliphatic heterocycles. The van der Waals surface area contributed by atoms with Crippen molar-refractivity contribution >= 4 is 5.91 Å². The second-order valence-electron chi connectivity index (χ2n) is 3.73. The van der Waals surface area contributed by atoms with E-state index in [0.717, 1.165) is 12.8 Å². The molecule has 0 atom stereocenters. The minimum atomic E-state index is 0. The van der Waals surface area contributed by atoms with Crippen LogP contribution in [0.15, 0.2) is 0 Å². The first-order valence-corrected chi connectivity index (χ1v) is 5.00. The van der Waals surface area contributed by atoms with Crippen molar-refractivity contribution in [2.24, 2.45) is 0 Å². The Hall–Kier alpha value is 0.0534. The smallest absolute Gasteiger partial charge is 0.248 e. The number of nitrogens with zero attached hydrogens (tertiary/aromatic N) is 1. The third-order valence-electron chi connectivity index (χ3n) is 2.78. The molecule has 1 amide bonds. The fourth-order valence-electron chi connectivity index (χ4n) is 1.90. The Labute approximate surface area is 98.9 Å². The van der Waals surface area contributed by atoms with Crippen LogP contribution in [-0.2, 0) is 29.0 Å². The van der Waals surface area contributed by atoms with E-state index in [9.17, 15) is 4.79 Å². The van der Waals surface area contributed by atoms with Crippen molar-refractivity contribution in [2.75, 3.05) is 20.8 Å². The van der Waals surface area contributed by atoms with Gasteiger partial charge in [-0.3, -0.25) is 4.79 Å². The Bertz CT molecular complexity index is 170. The van der Waals surface area contributed by atoms with Gasteiger partial charge in [-0.05, 0) is 12.8 Å². The van der Waals surface area contributed by atoms with Gasteiger partial charge in [0.2, 0.25) is 5.91 Å². The summed E-state index contributed by atoms with van der Waals surface area (Å²) in [5.41, 5.74) is 0. The number of carbonyl (C=O) groups excluding carboxylic acids is 1. The van der Waals surface area contributed by atoms with E-state index in [1.165, 1.54) is 19.3 Å². The second-order valence-corrected chi connectivity index (χ2v) is 3.73. The van der Waals surface area contributed by atoms with E-state index in [1.807, 2.05) is 11.9 Å². The van der Waals surface area contributed by atoms with Gasteiger partial charge in [0, 0.05) is 39.7 Å². The molecule has 1 saturated carbocycles. The quantitative estimate of drug-likeness (QED) is 0.709. The summed E-state index contributed by atoms with van der Waals surface area (Å²) < 4.78 is 4.82. The molecule has 4 heteroatoms. The van der Waals surface area contributed by atoms with Crippen LogP contribution in [0, 0.1) is 0 Å². The third-order valence-corrected chi connectivity index (χ3v) is 2.78. The Kier molecular flexibility index (Phi) is 7.39. The maximum absolute atomic E-state index is 11.4. The summed E-state index contributed by atoms with van der Waals surface area (Å²) in [5, 5.41) is 0. The van der Waals surface area contributed by atoms with Crippen LogP contribution in [-0.4, -0.2) is 37.6 Å². The number of ether oxygens (including phenoxy) is 1. The molecule has 1 rings (SSSR count). The number of methoxy groups -OCH3 is 1. The van der Waals surface area contributed by atoms with E-state index in [2.05, 4.69) is 0 Å². The standard InChI is InChI=1S/C10H19NO2.Zn/c1-11(10(12)8-13-2)9-6-4-3-5-7-9;/h9H,3-8H2,1-2H3;. The Morgan fingerprint density at radius 1 is 1.36 bits per heavy atom. The third kappa shape index (κ3) is 4.06. The molecule has 1 aliphatic carbocycles. The van der Waals surface area contributed by atoms with Crippen molar-refractivity contribution in [1.29, 1.82) is 0 Å². The minimum absolute atomic E-state index is 0. The minimum Gasteiger partial charge on any atom is -0.375 e. The average molecular weight is 251 g/mol. The van der Waals surface area contributed by atoms with Crippen LogP contribution < -0.4 is 0 Å². The molecule has 14 heavy (non-hydrogen) atoms. The molecule has 0 bridgehead atoms. The van der Waals surface area contributed by atoms with Gasteiger partial charge in [-0.15, -0.1) is 0 Å². The second kappa shape index (κ2) is 7.36. The van der Waals surface area contributed by atoms with Crippen molar-refractivity contribution < 1.29 is 29.0 Å². The van der Waals surface area contributed by atoms with Crippen molar-refractivity contribution in [2.45, 2.75) is 38.1 Å². The molecule has 0 aromatic heterocycles. The number of amides is 1. The van der Waals surface area contributed by atoms with Crippen LogP contribution in [0.4, 0.5) is 0 Å². The molecular weight excluding hydrogens is 232 g/mol. The maximum Gasteiger partial charge on any atom is 0.248 e. The summed E-state index contributed by atoms with van der Waals surface area (Å²) in [6.45, 7) is 0.215. The van der Waals surface area contributed by atoms with Crippen LogP contribution in [0.1, 0.15) is 32.1 Å². The Balaban J connectivity index is 0.00000169. The summed E-state index contributed by atoms with van der Waals surface area (Å²) in [5.74, 6) is 0.106. The summed E-state index contributed by atoms with van der Waals surface area (Å²) >= 11 is 0. The predicted octanol–water partition coefficient (Wildman–Crippen LogP) is 1.42. The molecular formula is C10H19NO2Zn. The first kappa shape index (κ1) is 14.1. The van der Waals surface area contributed by atoms with Gasteiger partial charge in [0.1, 0.15) is 6.61 Å². The Morgan fingerprint density at radius 3 is 2.43 bits per heavy atom. The Morgan fingerprint density at radius 2 is 1.93 bits per heavy atom. The van der Waals surface area contributed by atoms with E-state index < -0.39 is 0 Å². The molecule has 0 aromatic rings. The van der Waals surface area contributed by atoms with Gasteiger partial charge < -0.3 is 9.64 Å². The number of carbonyl (C=O) groups is 1. The molecule has 3 nitrogen and oxygen atoms in total. The first-order valence-electron chi connectivity index (χ1n) is 5.00. The molecule has 0 N–H and O–H groups in total. The van der Waals surface area contributed by atoms with Gasteiger partial charge in [0.25, 0.3) is 0 Å². The molecule has 0 saturated heterocycles. The largest absolute Gasteiger partial charge is 0.375 e. The van der Waals surface area contributed by atoms with Crippen LogP contribution in [0.5, 0.6) is 0 Å². The molecule has 0 unspecified atom stereocenters.